The molecule has 2 atom stereocenters. The minimum atomic E-state index is -4.10. The first kappa shape index (κ1) is 15.2. The summed E-state index contributed by atoms with van der Waals surface area (Å²) in [6.45, 7) is 3.57. The number of carbonyl (C=O) groups is 1. The number of carbonyl (C=O) groups excluding carboxylic acids is 1. The van der Waals surface area contributed by atoms with Crippen LogP contribution in [0.5, 0.6) is 0 Å². The van der Waals surface area contributed by atoms with Crippen molar-refractivity contribution in [3.63, 3.8) is 0 Å². The summed E-state index contributed by atoms with van der Waals surface area (Å²) in [5, 5.41) is 8.89. The van der Waals surface area contributed by atoms with Gasteiger partial charge in [-0.25, -0.2) is 0 Å². The van der Waals surface area contributed by atoms with Crippen LogP contribution in [-0.2, 0) is 4.79 Å². The maximum absolute atomic E-state index is 11.9. The van der Waals surface area contributed by atoms with Gasteiger partial charge < -0.3 is 16.0 Å². The third-order valence-electron chi connectivity index (χ3n) is 2.84. The highest BCUT2D eigenvalue weighted by Crippen LogP contribution is 2.21. The van der Waals surface area contributed by atoms with Crippen LogP contribution in [0.25, 0.3) is 0 Å². The monoisotopic (exact) mass is 267 g/mol. The lowest BCUT2D eigenvalue weighted by molar-refractivity contribution is -0.135. The Morgan fingerprint density at radius 2 is 2.00 bits per heavy atom. The maximum Gasteiger partial charge on any atom is 0.389 e. The van der Waals surface area contributed by atoms with Crippen LogP contribution in [-0.4, -0.2) is 43.8 Å². The first-order chi connectivity index (χ1) is 8.38. The standard InChI is InChI=1S/C11H20F3N3O/c1-8-6-17-9(7-16-8)10(18)15-5-3-2-4-11(12,13)14/h8-9,16-17H,2-7H2,1H3,(H,15,18). The number of hydrogen-bond donors (Lipinski definition) is 3. The van der Waals surface area contributed by atoms with Crippen molar-refractivity contribution in [3.8, 4) is 0 Å². The Bertz CT molecular complexity index is 263. The largest absolute Gasteiger partial charge is 0.389 e. The Labute approximate surface area is 105 Å². The molecular weight excluding hydrogens is 247 g/mol. The van der Waals surface area contributed by atoms with Gasteiger partial charge in [0.15, 0.2) is 0 Å². The van der Waals surface area contributed by atoms with E-state index in [0.29, 0.717) is 32.1 Å². The Morgan fingerprint density at radius 1 is 1.28 bits per heavy atom. The number of nitrogens with one attached hydrogen (secondary N) is 3. The molecule has 1 saturated heterocycles. The topological polar surface area (TPSA) is 53.2 Å². The molecule has 2 unspecified atom stereocenters. The highest BCUT2D eigenvalue weighted by Gasteiger charge is 2.26. The fraction of sp³-hybridized carbons (Fsp3) is 0.909. The van der Waals surface area contributed by atoms with Gasteiger partial charge in [0.1, 0.15) is 0 Å². The fourth-order valence-corrected chi connectivity index (χ4v) is 1.75. The van der Waals surface area contributed by atoms with Crippen LogP contribution in [0.2, 0.25) is 0 Å². The van der Waals surface area contributed by atoms with E-state index in [1.165, 1.54) is 0 Å². The molecule has 0 bridgehead atoms. The van der Waals surface area contributed by atoms with E-state index in [1.54, 1.807) is 0 Å². The SMILES string of the molecule is CC1CNC(C(=O)NCCCCC(F)(F)F)CN1. The molecule has 1 aliphatic heterocycles. The first-order valence-electron chi connectivity index (χ1n) is 6.20. The van der Waals surface area contributed by atoms with Gasteiger partial charge in [-0.2, -0.15) is 13.2 Å². The molecule has 18 heavy (non-hydrogen) atoms. The van der Waals surface area contributed by atoms with Gasteiger partial charge in [0.25, 0.3) is 0 Å². The number of alkyl halides is 3. The average Bonchev–Trinajstić information content (AvgIpc) is 2.27. The molecule has 1 rings (SSSR count). The fourth-order valence-electron chi connectivity index (χ4n) is 1.75. The minimum absolute atomic E-state index is 0.0527. The number of rotatable bonds is 5. The second-order valence-electron chi connectivity index (χ2n) is 4.63. The second kappa shape index (κ2) is 6.94. The van der Waals surface area contributed by atoms with E-state index < -0.39 is 12.6 Å². The molecule has 0 radical (unpaired) electrons. The molecule has 1 heterocycles. The van der Waals surface area contributed by atoms with Gasteiger partial charge in [-0.05, 0) is 19.8 Å². The molecule has 4 nitrogen and oxygen atoms in total. The molecule has 0 aromatic carbocycles. The highest BCUT2D eigenvalue weighted by molar-refractivity contribution is 5.82. The molecule has 1 amide bonds. The first-order valence-corrected chi connectivity index (χ1v) is 6.20. The molecule has 7 heteroatoms. The Balaban J connectivity index is 2.07. The van der Waals surface area contributed by atoms with E-state index in [-0.39, 0.29) is 18.4 Å². The molecule has 106 valence electrons. The van der Waals surface area contributed by atoms with Crippen LogP contribution in [0.15, 0.2) is 0 Å². The van der Waals surface area contributed by atoms with E-state index in [1.807, 2.05) is 6.92 Å². The van der Waals surface area contributed by atoms with Crippen LogP contribution in [0, 0.1) is 0 Å². The summed E-state index contributed by atoms with van der Waals surface area (Å²) >= 11 is 0. The molecule has 0 aromatic heterocycles. The lowest BCUT2D eigenvalue weighted by Gasteiger charge is -2.28. The van der Waals surface area contributed by atoms with Gasteiger partial charge in [-0.15, -0.1) is 0 Å². The van der Waals surface area contributed by atoms with E-state index in [2.05, 4.69) is 16.0 Å². The molecule has 1 aliphatic rings. The molecule has 0 aromatic rings. The lowest BCUT2D eigenvalue weighted by atomic mass is 10.1. The Hall–Kier alpha value is -0.820. The summed E-state index contributed by atoms with van der Waals surface area (Å²) in [5.74, 6) is -0.151. The van der Waals surface area contributed by atoms with E-state index in [0.717, 1.165) is 0 Å². The molecule has 0 aliphatic carbocycles. The molecule has 3 N–H and O–H groups in total. The second-order valence-corrected chi connectivity index (χ2v) is 4.63. The summed E-state index contributed by atoms with van der Waals surface area (Å²) in [6.07, 6.45) is -4.49. The van der Waals surface area contributed by atoms with Crippen molar-refractivity contribution in [1.82, 2.24) is 16.0 Å². The third kappa shape index (κ3) is 6.20. The Kier molecular flexibility index (Phi) is 5.87. The van der Waals surface area contributed by atoms with Gasteiger partial charge >= 0.3 is 6.18 Å². The van der Waals surface area contributed by atoms with Gasteiger partial charge in [-0.1, -0.05) is 0 Å². The number of halogens is 3. The molecule has 0 spiro atoms. The smallest absolute Gasteiger partial charge is 0.355 e. The number of piperazine rings is 1. The zero-order valence-electron chi connectivity index (χ0n) is 10.4. The summed E-state index contributed by atoms with van der Waals surface area (Å²) < 4.78 is 35.6. The number of amides is 1. The van der Waals surface area contributed by atoms with Crippen molar-refractivity contribution >= 4 is 5.91 Å². The summed E-state index contributed by atoms with van der Waals surface area (Å²) in [4.78, 5) is 11.6. The van der Waals surface area contributed by atoms with Crippen molar-refractivity contribution in [1.29, 1.82) is 0 Å². The minimum Gasteiger partial charge on any atom is -0.355 e. The van der Waals surface area contributed by atoms with Crippen LogP contribution in [0.1, 0.15) is 26.2 Å². The van der Waals surface area contributed by atoms with Crippen molar-refractivity contribution in [2.45, 2.75) is 44.4 Å². The molecular formula is C11H20F3N3O. The van der Waals surface area contributed by atoms with Crippen molar-refractivity contribution in [3.05, 3.63) is 0 Å². The van der Waals surface area contributed by atoms with Crippen LogP contribution >= 0.6 is 0 Å². The molecule has 0 saturated carbocycles. The van der Waals surface area contributed by atoms with Crippen molar-refractivity contribution in [2.75, 3.05) is 19.6 Å². The third-order valence-corrected chi connectivity index (χ3v) is 2.84. The highest BCUT2D eigenvalue weighted by atomic mass is 19.4. The zero-order valence-corrected chi connectivity index (χ0v) is 10.4. The van der Waals surface area contributed by atoms with Gasteiger partial charge in [0, 0.05) is 32.1 Å². The zero-order chi connectivity index (χ0) is 13.6. The van der Waals surface area contributed by atoms with Crippen LogP contribution < -0.4 is 16.0 Å². The van der Waals surface area contributed by atoms with Crippen molar-refractivity contribution in [2.24, 2.45) is 0 Å². The van der Waals surface area contributed by atoms with E-state index in [4.69, 9.17) is 0 Å². The van der Waals surface area contributed by atoms with Gasteiger partial charge in [0.2, 0.25) is 5.91 Å². The number of unbranched alkanes of at least 4 members (excludes halogenated alkanes) is 1. The normalized spacial score (nSPS) is 24.9. The molecule has 1 fully saturated rings. The predicted molar refractivity (Wildman–Crippen MR) is 62.2 cm³/mol. The van der Waals surface area contributed by atoms with Gasteiger partial charge in [0.05, 0.1) is 6.04 Å². The summed E-state index contributed by atoms with van der Waals surface area (Å²) in [5.41, 5.74) is 0. The van der Waals surface area contributed by atoms with Gasteiger partial charge in [-0.3, -0.25) is 4.79 Å². The number of hydrogen-bond acceptors (Lipinski definition) is 3. The Morgan fingerprint density at radius 3 is 2.56 bits per heavy atom. The van der Waals surface area contributed by atoms with E-state index in [9.17, 15) is 18.0 Å². The van der Waals surface area contributed by atoms with Crippen molar-refractivity contribution < 1.29 is 18.0 Å². The summed E-state index contributed by atoms with van der Waals surface area (Å²) in [7, 11) is 0. The lowest BCUT2D eigenvalue weighted by Crippen LogP contribution is -2.58. The van der Waals surface area contributed by atoms with Crippen LogP contribution in [0.3, 0.4) is 0 Å². The quantitative estimate of drug-likeness (QED) is 0.645. The average molecular weight is 267 g/mol. The summed E-state index contributed by atoms with van der Waals surface area (Å²) in [6, 6.07) is 0.0460. The predicted octanol–water partition coefficient (Wildman–Crippen LogP) is 0.785. The van der Waals surface area contributed by atoms with Crippen LogP contribution in [0.4, 0.5) is 13.2 Å². The van der Waals surface area contributed by atoms with E-state index >= 15 is 0 Å². The maximum atomic E-state index is 11.9.